The van der Waals surface area contributed by atoms with Crippen LogP contribution < -0.4 is 9.47 Å². The molecule has 2 aromatic rings. The molecule has 0 radical (unpaired) electrons. The van der Waals surface area contributed by atoms with E-state index >= 15 is 0 Å². The van der Waals surface area contributed by atoms with Gasteiger partial charge in [0, 0.05) is 13.1 Å². The third-order valence-corrected chi connectivity index (χ3v) is 4.94. The quantitative estimate of drug-likeness (QED) is 0.543. The van der Waals surface area contributed by atoms with Crippen molar-refractivity contribution in [3.05, 3.63) is 57.6 Å². The van der Waals surface area contributed by atoms with Crippen LogP contribution in [0.25, 0.3) is 0 Å². The highest BCUT2D eigenvalue weighted by atomic mass is 35.5. The summed E-state index contributed by atoms with van der Waals surface area (Å²) in [5, 5.41) is -0.297. The van der Waals surface area contributed by atoms with Gasteiger partial charge in [-0.1, -0.05) is 11.6 Å². The summed E-state index contributed by atoms with van der Waals surface area (Å²) in [6, 6.07) is 5.00. The van der Waals surface area contributed by atoms with E-state index in [0.717, 1.165) is 11.1 Å². The number of methoxy groups -OCH3 is 2. The standard InChI is InChI=1S/C20H18ClF2NO5/c1-27-17-5-11-3-4-24(9-12(11)6-18(17)28-2)19(25)10-29-20(26)13-7-15(22)16(23)8-14(13)21/h5-8H,3-4,9-10H2,1-2H3. The van der Waals surface area contributed by atoms with Crippen LogP contribution in [0.2, 0.25) is 5.02 Å². The lowest BCUT2D eigenvalue weighted by atomic mass is 9.99. The molecule has 2 aromatic carbocycles. The number of amides is 1. The van der Waals surface area contributed by atoms with Gasteiger partial charge in [-0.15, -0.1) is 0 Å². The first-order valence-corrected chi connectivity index (χ1v) is 9.05. The fourth-order valence-electron chi connectivity index (χ4n) is 3.07. The van der Waals surface area contributed by atoms with Crippen molar-refractivity contribution in [1.82, 2.24) is 4.90 Å². The van der Waals surface area contributed by atoms with Crippen LogP contribution in [0.3, 0.4) is 0 Å². The molecule has 0 aliphatic carbocycles. The van der Waals surface area contributed by atoms with Gasteiger partial charge in [-0.05, 0) is 41.8 Å². The molecular weight excluding hydrogens is 408 g/mol. The lowest BCUT2D eigenvalue weighted by molar-refractivity contribution is -0.135. The van der Waals surface area contributed by atoms with E-state index in [1.807, 2.05) is 6.07 Å². The second-order valence-corrected chi connectivity index (χ2v) is 6.77. The number of fused-ring (bicyclic) bond motifs is 1. The van der Waals surface area contributed by atoms with E-state index in [0.29, 0.717) is 43.1 Å². The van der Waals surface area contributed by atoms with Gasteiger partial charge in [0.1, 0.15) is 0 Å². The van der Waals surface area contributed by atoms with E-state index < -0.39 is 30.1 Å². The van der Waals surface area contributed by atoms with E-state index in [1.54, 1.807) is 13.2 Å². The van der Waals surface area contributed by atoms with Gasteiger partial charge in [-0.2, -0.15) is 0 Å². The van der Waals surface area contributed by atoms with Gasteiger partial charge in [0.05, 0.1) is 24.8 Å². The van der Waals surface area contributed by atoms with Gasteiger partial charge in [0.15, 0.2) is 29.7 Å². The van der Waals surface area contributed by atoms with Crippen molar-refractivity contribution >= 4 is 23.5 Å². The molecule has 3 rings (SSSR count). The summed E-state index contributed by atoms with van der Waals surface area (Å²) in [6.45, 7) is 0.208. The van der Waals surface area contributed by atoms with Gasteiger partial charge in [-0.3, -0.25) is 4.79 Å². The van der Waals surface area contributed by atoms with Crippen LogP contribution in [0.1, 0.15) is 21.5 Å². The van der Waals surface area contributed by atoms with E-state index in [-0.39, 0.29) is 10.6 Å². The second-order valence-electron chi connectivity index (χ2n) is 6.36. The Balaban J connectivity index is 1.65. The largest absolute Gasteiger partial charge is 0.493 e. The summed E-state index contributed by atoms with van der Waals surface area (Å²) in [5.74, 6) is -2.67. The van der Waals surface area contributed by atoms with E-state index in [4.69, 9.17) is 25.8 Å². The Morgan fingerprint density at radius 2 is 1.66 bits per heavy atom. The normalized spacial score (nSPS) is 12.9. The minimum atomic E-state index is -1.23. The van der Waals surface area contributed by atoms with Crippen LogP contribution in [0.5, 0.6) is 11.5 Å². The Morgan fingerprint density at radius 1 is 1.03 bits per heavy atom. The number of halogens is 3. The van der Waals surface area contributed by atoms with Crippen molar-refractivity contribution in [3.63, 3.8) is 0 Å². The first-order valence-electron chi connectivity index (χ1n) is 8.67. The smallest absolute Gasteiger partial charge is 0.340 e. The predicted molar refractivity (Wildman–Crippen MR) is 100 cm³/mol. The molecule has 6 nitrogen and oxygen atoms in total. The first-order chi connectivity index (χ1) is 13.8. The van der Waals surface area contributed by atoms with Gasteiger partial charge in [0.25, 0.3) is 5.91 Å². The molecule has 9 heteroatoms. The second kappa shape index (κ2) is 8.65. The molecule has 0 fully saturated rings. The van der Waals surface area contributed by atoms with Crippen molar-refractivity contribution in [3.8, 4) is 11.5 Å². The summed E-state index contributed by atoms with van der Waals surface area (Å²) in [5.41, 5.74) is 1.59. The molecule has 1 aliphatic heterocycles. The molecule has 0 atom stereocenters. The van der Waals surface area contributed by atoms with Crippen LogP contribution in [-0.2, 0) is 22.5 Å². The van der Waals surface area contributed by atoms with Crippen molar-refractivity contribution in [1.29, 1.82) is 0 Å². The van der Waals surface area contributed by atoms with Crippen molar-refractivity contribution in [2.24, 2.45) is 0 Å². The third-order valence-electron chi connectivity index (χ3n) is 4.63. The Labute approximate surface area is 170 Å². The third kappa shape index (κ3) is 4.42. The average Bonchev–Trinajstić information content (AvgIpc) is 2.72. The number of ether oxygens (including phenoxy) is 3. The maximum atomic E-state index is 13.3. The van der Waals surface area contributed by atoms with Crippen molar-refractivity contribution in [2.45, 2.75) is 13.0 Å². The van der Waals surface area contributed by atoms with E-state index in [2.05, 4.69) is 0 Å². The first kappa shape index (κ1) is 20.9. The highest BCUT2D eigenvalue weighted by Crippen LogP contribution is 2.33. The minimum Gasteiger partial charge on any atom is -0.493 e. The van der Waals surface area contributed by atoms with Gasteiger partial charge in [-0.25, -0.2) is 13.6 Å². The zero-order valence-electron chi connectivity index (χ0n) is 15.8. The zero-order valence-corrected chi connectivity index (χ0v) is 16.5. The van der Waals surface area contributed by atoms with Crippen LogP contribution in [0.4, 0.5) is 8.78 Å². The number of hydrogen-bond acceptors (Lipinski definition) is 5. The summed E-state index contributed by atoms with van der Waals surface area (Å²) >= 11 is 5.74. The van der Waals surface area contributed by atoms with Gasteiger partial charge in [0.2, 0.25) is 0 Å². The number of rotatable bonds is 5. The molecule has 0 aromatic heterocycles. The Morgan fingerprint density at radius 3 is 2.31 bits per heavy atom. The molecule has 0 N–H and O–H groups in total. The molecule has 154 valence electrons. The van der Waals surface area contributed by atoms with Crippen LogP contribution in [0, 0.1) is 11.6 Å². The number of carbonyl (C=O) groups is 2. The summed E-state index contributed by atoms with van der Waals surface area (Å²) in [6.07, 6.45) is 0.602. The SMILES string of the molecule is COc1cc2c(cc1OC)CN(C(=O)COC(=O)c1cc(F)c(F)cc1Cl)CC2. The maximum Gasteiger partial charge on any atom is 0.340 e. The Kier molecular flexibility index (Phi) is 6.22. The summed E-state index contributed by atoms with van der Waals surface area (Å²) < 4.78 is 42.0. The molecule has 1 aliphatic rings. The summed E-state index contributed by atoms with van der Waals surface area (Å²) in [4.78, 5) is 26.1. The predicted octanol–water partition coefficient (Wildman–Crippen LogP) is 3.38. The summed E-state index contributed by atoms with van der Waals surface area (Å²) in [7, 11) is 3.08. The molecule has 1 amide bonds. The molecule has 0 bridgehead atoms. The molecule has 0 unspecified atom stereocenters. The Hall–Kier alpha value is -2.87. The number of nitrogens with zero attached hydrogens (tertiary/aromatic N) is 1. The lowest BCUT2D eigenvalue weighted by Gasteiger charge is -2.29. The van der Waals surface area contributed by atoms with Crippen molar-refractivity contribution < 1.29 is 32.6 Å². The monoisotopic (exact) mass is 425 g/mol. The number of benzene rings is 2. The van der Waals surface area contributed by atoms with Crippen molar-refractivity contribution in [2.75, 3.05) is 27.4 Å². The van der Waals surface area contributed by atoms with Crippen LogP contribution >= 0.6 is 11.6 Å². The number of esters is 1. The van der Waals surface area contributed by atoms with Crippen LogP contribution in [-0.4, -0.2) is 44.1 Å². The topological polar surface area (TPSA) is 65.1 Å². The highest BCUT2D eigenvalue weighted by molar-refractivity contribution is 6.33. The molecule has 0 saturated carbocycles. The number of hydrogen-bond donors (Lipinski definition) is 0. The van der Waals surface area contributed by atoms with Crippen LogP contribution in [0.15, 0.2) is 24.3 Å². The molecule has 0 saturated heterocycles. The number of carbonyl (C=O) groups excluding carboxylic acids is 2. The fourth-order valence-corrected chi connectivity index (χ4v) is 3.30. The average molecular weight is 426 g/mol. The molecule has 0 spiro atoms. The fraction of sp³-hybridized carbons (Fsp3) is 0.300. The van der Waals surface area contributed by atoms with E-state index in [1.165, 1.54) is 12.0 Å². The molecule has 1 heterocycles. The zero-order chi connectivity index (χ0) is 21.1. The minimum absolute atomic E-state index is 0.297. The van der Waals surface area contributed by atoms with Gasteiger partial charge >= 0.3 is 5.97 Å². The maximum absolute atomic E-state index is 13.3. The highest BCUT2D eigenvalue weighted by Gasteiger charge is 2.24. The van der Waals surface area contributed by atoms with Gasteiger partial charge < -0.3 is 19.1 Å². The Bertz CT molecular complexity index is 966. The molecular formula is C20H18ClF2NO5. The lowest BCUT2D eigenvalue weighted by Crippen LogP contribution is -2.38. The van der Waals surface area contributed by atoms with E-state index in [9.17, 15) is 18.4 Å². The molecule has 29 heavy (non-hydrogen) atoms.